The van der Waals surface area contributed by atoms with Crippen LogP contribution in [0.3, 0.4) is 0 Å². The van der Waals surface area contributed by atoms with Gasteiger partial charge in [0.15, 0.2) is 5.70 Å². The molecule has 0 atom stereocenters. The van der Waals surface area contributed by atoms with Gasteiger partial charge >= 0.3 is 5.97 Å². The van der Waals surface area contributed by atoms with Gasteiger partial charge < -0.3 is 21.1 Å². The van der Waals surface area contributed by atoms with Crippen molar-refractivity contribution in [1.29, 1.82) is 0 Å². The van der Waals surface area contributed by atoms with Gasteiger partial charge in [-0.15, -0.1) is 0 Å². The van der Waals surface area contributed by atoms with E-state index in [1.54, 1.807) is 13.1 Å². The molecule has 0 heterocycles. The number of hydrogen-bond acceptors (Lipinski definition) is 5. The zero-order valence-electron chi connectivity index (χ0n) is 10.1. The fourth-order valence-electron chi connectivity index (χ4n) is 1.00. The SMILES string of the molecule is C=N/C(C(=O)O)=C(/N)N(C)CNC(=C)/C=C\C. The van der Waals surface area contributed by atoms with Crippen molar-refractivity contribution in [3.8, 4) is 0 Å². The highest BCUT2D eigenvalue weighted by molar-refractivity contribution is 5.87. The van der Waals surface area contributed by atoms with Crippen molar-refractivity contribution in [2.24, 2.45) is 10.7 Å². The summed E-state index contributed by atoms with van der Waals surface area (Å²) in [6.07, 6.45) is 3.63. The lowest BCUT2D eigenvalue weighted by molar-refractivity contribution is -0.132. The van der Waals surface area contributed by atoms with Crippen LogP contribution >= 0.6 is 0 Å². The molecule has 6 heteroatoms. The maximum absolute atomic E-state index is 10.8. The molecular formula is C11H18N4O2. The van der Waals surface area contributed by atoms with E-state index >= 15 is 0 Å². The van der Waals surface area contributed by atoms with E-state index in [1.807, 2.05) is 13.0 Å². The second-order valence-electron chi connectivity index (χ2n) is 3.26. The third-order valence-corrected chi connectivity index (χ3v) is 1.93. The zero-order valence-corrected chi connectivity index (χ0v) is 10.1. The van der Waals surface area contributed by atoms with E-state index in [1.165, 1.54) is 4.90 Å². The van der Waals surface area contributed by atoms with Crippen LogP contribution in [0, 0.1) is 0 Å². The first-order valence-electron chi connectivity index (χ1n) is 4.90. The Hall–Kier alpha value is -2.24. The molecule has 0 aromatic carbocycles. The molecule has 0 saturated carbocycles. The smallest absolute Gasteiger partial charge is 0.358 e. The van der Waals surface area contributed by atoms with Crippen molar-refractivity contribution in [2.75, 3.05) is 13.7 Å². The molecule has 94 valence electrons. The van der Waals surface area contributed by atoms with Crippen molar-refractivity contribution >= 4 is 12.7 Å². The molecule has 0 spiro atoms. The maximum atomic E-state index is 10.8. The van der Waals surface area contributed by atoms with Crippen LogP contribution in [0.25, 0.3) is 0 Å². The molecule has 0 amide bonds. The number of nitrogens with two attached hydrogens (primary N) is 1. The minimum Gasteiger partial charge on any atom is -0.476 e. The van der Waals surface area contributed by atoms with Crippen molar-refractivity contribution in [1.82, 2.24) is 10.2 Å². The number of rotatable bonds is 7. The van der Waals surface area contributed by atoms with Gasteiger partial charge in [0, 0.05) is 12.7 Å². The molecule has 0 aliphatic carbocycles. The predicted octanol–water partition coefficient (Wildman–Crippen LogP) is 0.468. The van der Waals surface area contributed by atoms with Crippen LogP contribution in [0.15, 0.2) is 40.9 Å². The Morgan fingerprint density at radius 1 is 1.65 bits per heavy atom. The van der Waals surface area contributed by atoms with Crippen LogP contribution in [-0.4, -0.2) is 36.4 Å². The fraction of sp³-hybridized carbons (Fsp3) is 0.273. The summed E-state index contributed by atoms with van der Waals surface area (Å²) in [5.74, 6) is -1.18. The third-order valence-electron chi connectivity index (χ3n) is 1.93. The topological polar surface area (TPSA) is 90.9 Å². The van der Waals surface area contributed by atoms with E-state index in [-0.39, 0.29) is 11.5 Å². The normalized spacial score (nSPS) is 11.9. The highest BCUT2D eigenvalue weighted by Crippen LogP contribution is 2.04. The van der Waals surface area contributed by atoms with Crippen LogP contribution in [-0.2, 0) is 4.79 Å². The van der Waals surface area contributed by atoms with Crippen LogP contribution in [0.1, 0.15) is 6.92 Å². The molecule has 6 nitrogen and oxygen atoms in total. The van der Waals surface area contributed by atoms with Gasteiger partial charge in [0.2, 0.25) is 0 Å². The molecule has 0 aliphatic rings. The average molecular weight is 238 g/mol. The van der Waals surface area contributed by atoms with Crippen molar-refractivity contribution < 1.29 is 9.90 Å². The number of carboxylic acids is 1. The van der Waals surface area contributed by atoms with Gasteiger partial charge in [-0.05, 0) is 19.7 Å². The van der Waals surface area contributed by atoms with E-state index in [2.05, 4.69) is 23.6 Å². The molecule has 0 bridgehead atoms. The van der Waals surface area contributed by atoms with Crippen molar-refractivity contribution in [3.05, 3.63) is 35.9 Å². The molecule has 17 heavy (non-hydrogen) atoms. The van der Waals surface area contributed by atoms with E-state index in [0.29, 0.717) is 12.4 Å². The monoisotopic (exact) mass is 238 g/mol. The van der Waals surface area contributed by atoms with Crippen molar-refractivity contribution in [3.63, 3.8) is 0 Å². The lowest BCUT2D eigenvalue weighted by Gasteiger charge is -2.21. The number of nitrogens with one attached hydrogen (secondary N) is 1. The average Bonchev–Trinajstić information content (AvgIpc) is 2.26. The Kier molecular flexibility index (Phi) is 6.17. The Balaban J connectivity index is 4.60. The quantitative estimate of drug-likeness (QED) is 0.259. The summed E-state index contributed by atoms with van der Waals surface area (Å²) in [4.78, 5) is 15.6. The summed E-state index contributed by atoms with van der Waals surface area (Å²) < 4.78 is 0. The first-order valence-corrected chi connectivity index (χ1v) is 4.90. The predicted molar refractivity (Wildman–Crippen MR) is 68.1 cm³/mol. The summed E-state index contributed by atoms with van der Waals surface area (Å²) in [7, 11) is 1.64. The largest absolute Gasteiger partial charge is 0.476 e. The minimum absolute atomic E-state index is 0.0354. The lowest BCUT2D eigenvalue weighted by Crippen LogP contribution is -2.34. The highest BCUT2D eigenvalue weighted by Gasteiger charge is 2.13. The fourth-order valence-corrected chi connectivity index (χ4v) is 1.00. The number of allylic oxidation sites excluding steroid dienone is 2. The summed E-state index contributed by atoms with van der Waals surface area (Å²) in [5.41, 5.74) is 6.07. The molecular weight excluding hydrogens is 220 g/mol. The molecule has 0 unspecified atom stereocenters. The zero-order chi connectivity index (χ0) is 13.4. The Morgan fingerprint density at radius 3 is 2.65 bits per heavy atom. The molecule has 0 rings (SSSR count). The van der Waals surface area contributed by atoms with Gasteiger partial charge in [0.1, 0.15) is 5.82 Å². The number of aliphatic carboxylic acids is 1. The Labute approximate surface area is 101 Å². The second kappa shape index (κ2) is 7.10. The second-order valence-corrected chi connectivity index (χ2v) is 3.26. The lowest BCUT2D eigenvalue weighted by atomic mass is 10.4. The van der Waals surface area contributed by atoms with Gasteiger partial charge in [-0.1, -0.05) is 12.7 Å². The van der Waals surface area contributed by atoms with Gasteiger partial charge in [0.25, 0.3) is 0 Å². The van der Waals surface area contributed by atoms with Crippen LogP contribution < -0.4 is 11.1 Å². The number of carboxylic acid groups (broad SMARTS) is 1. The van der Waals surface area contributed by atoms with Gasteiger partial charge in [-0.3, -0.25) is 4.99 Å². The Morgan fingerprint density at radius 2 is 2.24 bits per heavy atom. The van der Waals surface area contributed by atoms with Crippen LogP contribution in [0.2, 0.25) is 0 Å². The highest BCUT2D eigenvalue weighted by atomic mass is 16.4. The number of hydrogen-bond donors (Lipinski definition) is 3. The molecule has 0 fully saturated rings. The van der Waals surface area contributed by atoms with E-state index in [4.69, 9.17) is 10.8 Å². The molecule has 0 aromatic heterocycles. The van der Waals surface area contributed by atoms with Gasteiger partial charge in [-0.2, -0.15) is 0 Å². The summed E-state index contributed by atoms with van der Waals surface area (Å²) in [6.45, 7) is 9.10. The van der Waals surface area contributed by atoms with Crippen LogP contribution in [0.5, 0.6) is 0 Å². The molecule has 0 aromatic rings. The summed E-state index contributed by atoms with van der Waals surface area (Å²) in [5, 5.41) is 11.8. The van der Waals surface area contributed by atoms with Gasteiger partial charge in [-0.25, -0.2) is 4.79 Å². The summed E-state index contributed by atoms with van der Waals surface area (Å²) in [6, 6.07) is 0. The van der Waals surface area contributed by atoms with Crippen LogP contribution in [0.4, 0.5) is 0 Å². The number of nitrogens with zero attached hydrogens (tertiary/aromatic N) is 2. The first kappa shape index (κ1) is 14.8. The molecule has 0 aliphatic heterocycles. The third kappa shape index (κ3) is 4.87. The van der Waals surface area contributed by atoms with E-state index in [0.717, 1.165) is 0 Å². The number of carbonyl (C=O) groups is 1. The standard InChI is InChI=1S/C11H18N4O2/c1-5-6-8(2)14-7-15(4)10(12)9(13-3)11(16)17/h5-6,14H,2-3,7,12H2,1,4H3,(H,16,17)/b6-5-,10-9-. The van der Waals surface area contributed by atoms with E-state index in [9.17, 15) is 4.79 Å². The minimum atomic E-state index is -1.21. The maximum Gasteiger partial charge on any atom is 0.358 e. The molecule has 0 radical (unpaired) electrons. The first-order chi connectivity index (χ1) is 7.93. The van der Waals surface area contributed by atoms with Gasteiger partial charge in [0.05, 0.1) is 6.67 Å². The molecule has 0 saturated heterocycles. The van der Waals surface area contributed by atoms with E-state index < -0.39 is 5.97 Å². The summed E-state index contributed by atoms with van der Waals surface area (Å²) >= 11 is 0. The van der Waals surface area contributed by atoms with Crippen molar-refractivity contribution in [2.45, 2.75) is 6.92 Å². The number of aliphatic imine (C=N–C) groups is 1. The molecule has 4 N–H and O–H groups in total. The Bertz CT molecular complexity index is 372.